The molecule has 1 aliphatic heterocycles. The molecule has 1 amide bonds. The highest BCUT2D eigenvalue weighted by molar-refractivity contribution is 7.89. The van der Waals surface area contributed by atoms with Crippen LogP contribution in [0.5, 0.6) is 5.88 Å². The van der Waals surface area contributed by atoms with Crippen molar-refractivity contribution < 1.29 is 17.9 Å². The number of carbonyl (C=O) groups is 1. The number of rotatable bonds is 4. The van der Waals surface area contributed by atoms with Gasteiger partial charge in [0.25, 0.3) is 5.91 Å². The number of aryl methyl sites for hydroxylation is 1. The molecule has 1 saturated heterocycles. The Bertz CT molecular complexity index is 872. The number of amides is 1. The lowest BCUT2D eigenvalue weighted by atomic mass is 10.2. The third-order valence-electron chi connectivity index (χ3n) is 4.38. The van der Waals surface area contributed by atoms with Crippen LogP contribution in [-0.4, -0.2) is 61.8 Å². The van der Waals surface area contributed by atoms with Gasteiger partial charge in [-0.25, -0.2) is 13.4 Å². The Balaban J connectivity index is 1.66. The summed E-state index contributed by atoms with van der Waals surface area (Å²) in [7, 11) is -2.02. The van der Waals surface area contributed by atoms with E-state index in [1.54, 1.807) is 41.3 Å². The van der Waals surface area contributed by atoms with Crippen LogP contribution in [0.4, 0.5) is 0 Å². The Morgan fingerprint density at radius 2 is 1.69 bits per heavy atom. The first-order chi connectivity index (χ1) is 12.4. The van der Waals surface area contributed by atoms with Gasteiger partial charge in [-0.2, -0.15) is 4.31 Å². The van der Waals surface area contributed by atoms with Gasteiger partial charge in [-0.15, -0.1) is 0 Å². The molecule has 0 aliphatic carbocycles. The standard InChI is InChI=1S/C18H21N3O4S/c1-14-3-6-16(7-4-14)26(23,24)21-11-9-20(10-12-21)18(22)15-5-8-17(25-2)19-13-15/h3-8,13H,9-12H2,1-2H3. The lowest BCUT2D eigenvalue weighted by Crippen LogP contribution is -2.50. The van der Waals surface area contributed by atoms with E-state index in [0.29, 0.717) is 24.5 Å². The number of hydrogen-bond donors (Lipinski definition) is 0. The molecule has 2 heterocycles. The maximum absolute atomic E-state index is 12.7. The fraction of sp³-hybridized carbons (Fsp3) is 0.333. The molecule has 0 unspecified atom stereocenters. The number of piperazine rings is 1. The summed E-state index contributed by atoms with van der Waals surface area (Å²) >= 11 is 0. The molecule has 0 bridgehead atoms. The van der Waals surface area contributed by atoms with Crippen LogP contribution in [0.2, 0.25) is 0 Å². The average molecular weight is 375 g/mol. The second kappa shape index (κ2) is 7.43. The van der Waals surface area contributed by atoms with Crippen molar-refractivity contribution in [3.8, 4) is 5.88 Å². The maximum Gasteiger partial charge on any atom is 0.255 e. The predicted molar refractivity (Wildman–Crippen MR) is 96.6 cm³/mol. The molecule has 0 N–H and O–H groups in total. The fourth-order valence-corrected chi connectivity index (χ4v) is 4.22. The van der Waals surface area contributed by atoms with Crippen LogP contribution in [0.15, 0.2) is 47.5 Å². The van der Waals surface area contributed by atoms with Gasteiger partial charge in [-0.1, -0.05) is 17.7 Å². The highest BCUT2D eigenvalue weighted by atomic mass is 32.2. The van der Waals surface area contributed by atoms with Crippen molar-refractivity contribution in [3.05, 3.63) is 53.7 Å². The van der Waals surface area contributed by atoms with Gasteiger partial charge in [0.1, 0.15) is 0 Å². The second-order valence-corrected chi connectivity index (χ2v) is 8.04. The Morgan fingerprint density at radius 3 is 2.23 bits per heavy atom. The average Bonchev–Trinajstić information content (AvgIpc) is 2.68. The van der Waals surface area contributed by atoms with E-state index < -0.39 is 10.0 Å². The molecule has 0 atom stereocenters. The highest BCUT2D eigenvalue weighted by Crippen LogP contribution is 2.19. The summed E-state index contributed by atoms with van der Waals surface area (Å²) in [5.74, 6) is 0.281. The highest BCUT2D eigenvalue weighted by Gasteiger charge is 2.30. The minimum Gasteiger partial charge on any atom is -0.481 e. The number of methoxy groups -OCH3 is 1. The summed E-state index contributed by atoms with van der Waals surface area (Å²) in [5, 5.41) is 0. The van der Waals surface area contributed by atoms with Gasteiger partial charge < -0.3 is 9.64 Å². The van der Waals surface area contributed by atoms with Gasteiger partial charge in [-0.05, 0) is 25.1 Å². The first kappa shape index (κ1) is 18.3. The van der Waals surface area contributed by atoms with Crippen molar-refractivity contribution in [3.63, 3.8) is 0 Å². The molecule has 0 saturated carbocycles. The zero-order valence-corrected chi connectivity index (χ0v) is 15.6. The van der Waals surface area contributed by atoms with Crippen LogP contribution in [0.25, 0.3) is 0 Å². The number of aromatic nitrogens is 1. The molecule has 0 radical (unpaired) electrons. The van der Waals surface area contributed by atoms with Gasteiger partial charge in [0.15, 0.2) is 0 Å². The molecule has 7 nitrogen and oxygen atoms in total. The molecule has 138 valence electrons. The minimum atomic E-state index is -3.54. The van der Waals surface area contributed by atoms with Crippen molar-refractivity contribution in [2.45, 2.75) is 11.8 Å². The van der Waals surface area contributed by atoms with Gasteiger partial charge in [0.2, 0.25) is 15.9 Å². The van der Waals surface area contributed by atoms with Crippen molar-refractivity contribution in [2.75, 3.05) is 33.3 Å². The van der Waals surface area contributed by atoms with E-state index in [9.17, 15) is 13.2 Å². The SMILES string of the molecule is COc1ccc(C(=O)N2CCN(S(=O)(=O)c3ccc(C)cc3)CC2)cn1. The van der Waals surface area contributed by atoms with E-state index in [-0.39, 0.29) is 23.9 Å². The van der Waals surface area contributed by atoms with E-state index in [2.05, 4.69) is 4.98 Å². The predicted octanol–water partition coefficient (Wildman–Crippen LogP) is 1.55. The maximum atomic E-state index is 12.7. The fourth-order valence-electron chi connectivity index (χ4n) is 2.80. The van der Waals surface area contributed by atoms with E-state index in [0.717, 1.165) is 5.56 Å². The summed E-state index contributed by atoms with van der Waals surface area (Å²) in [5.41, 5.74) is 1.47. The number of benzene rings is 1. The summed E-state index contributed by atoms with van der Waals surface area (Å²) in [6.45, 7) is 3.14. The Morgan fingerprint density at radius 1 is 1.04 bits per heavy atom. The van der Waals surface area contributed by atoms with E-state index in [1.165, 1.54) is 17.6 Å². The molecule has 1 fully saturated rings. The van der Waals surface area contributed by atoms with Crippen LogP contribution in [0.1, 0.15) is 15.9 Å². The smallest absolute Gasteiger partial charge is 0.255 e. The molecular weight excluding hydrogens is 354 g/mol. The van der Waals surface area contributed by atoms with E-state index in [4.69, 9.17) is 4.74 Å². The number of hydrogen-bond acceptors (Lipinski definition) is 5. The summed E-state index contributed by atoms with van der Waals surface area (Å²) in [6, 6.07) is 10.1. The van der Waals surface area contributed by atoms with Crippen LogP contribution >= 0.6 is 0 Å². The van der Waals surface area contributed by atoms with Gasteiger partial charge in [0.05, 0.1) is 17.6 Å². The first-order valence-electron chi connectivity index (χ1n) is 8.28. The number of carbonyl (C=O) groups excluding carboxylic acids is 1. The quantitative estimate of drug-likeness (QED) is 0.810. The van der Waals surface area contributed by atoms with Crippen LogP contribution in [0.3, 0.4) is 0 Å². The molecule has 0 spiro atoms. The number of sulfonamides is 1. The lowest BCUT2D eigenvalue weighted by Gasteiger charge is -2.34. The molecule has 2 aromatic rings. The van der Waals surface area contributed by atoms with Gasteiger partial charge in [0, 0.05) is 38.4 Å². The topological polar surface area (TPSA) is 79.8 Å². The van der Waals surface area contributed by atoms with Crippen LogP contribution < -0.4 is 4.74 Å². The number of pyridine rings is 1. The van der Waals surface area contributed by atoms with Crippen molar-refractivity contribution in [2.24, 2.45) is 0 Å². The Labute approximate surface area is 153 Å². The largest absolute Gasteiger partial charge is 0.481 e. The number of ether oxygens (including phenoxy) is 1. The molecule has 1 aromatic carbocycles. The molecule has 8 heteroatoms. The summed E-state index contributed by atoms with van der Waals surface area (Å²) in [4.78, 5) is 18.5. The van der Waals surface area contributed by atoms with Crippen molar-refractivity contribution >= 4 is 15.9 Å². The third kappa shape index (κ3) is 3.71. The van der Waals surface area contributed by atoms with E-state index >= 15 is 0 Å². The molecule has 26 heavy (non-hydrogen) atoms. The Kier molecular flexibility index (Phi) is 5.24. The van der Waals surface area contributed by atoms with E-state index in [1.807, 2.05) is 6.92 Å². The van der Waals surface area contributed by atoms with Crippen LogP contribution in [-0.2, 0) is 10.0 Å². The van der Waals surface area contributed by atoms with Gasteiger partial charge >= 0.3 is 0 Å². The summed E-state index contributed by atoms with van der Waals surface area (Å²) < 4.78 is 31.8. The number of nitrogens with zero attached hydrogens (tertiary/aromatic N) is 3. The summed E-state index contributed by atoms with van der Waals surface area (Å²) in [6.07, 6.45) is 1.47. The monoisotopic (exact) mass is 375 g/mol. The van der Waals surface area contributed by atoms with Crippen molar-refractivity contribution in [1.29, 1.82) is 0 Å². The zero-order chi connectivity index (χ0) is 18.7. The molecule has 1 aromatic heterocycles. The first-order valence-corrected chi connectivity index (χ1v) is 9.72. The molecule has 1 aliphatic rings. The lowest BCUT2D eigenvalue weighted by molar-refractivity contribution is 0.0697. The normalized spacial score (nSPS) is 15.7. The van der Waals surface area contributed by atoms with Crippen molar-refractivity contribution in [1.82, 2.24) is 14.2 Å². The van der Waals surface area contributed by atoms with Gasteiger partial charge in [-0.3, -0.25) is 4.79 Å². The van der Waals surface area contributed by atoms with Crippen LogP contribution in [0, 0.1) is 6.92 Å². The molecular formula is C18H21N3O4S. The zero-order valence-electron chi connectivity index (χ0n) is 14.8. The second-order valence-electron chi connectivity index (χ2n) is 6.10. The Hall–Kier alpha value is -2.45. The molecule has 3 rings (SSSR count). The third-order valence-corrected chi connectivity index (χ3v) is 6.29. The minimum absolute atomic E-state index is 0.160.